The summed E-state index contributed by atoms with van der Waals surface area (Å²) < 4.78 is 0. The molecule has 1 unspecified atom stereocenters. The van der Waals surface area contributed by atoms with E-state index in [1.807, 2.05) is 0 Å². The number of nitrogens with one attached hydrogen (secondary N) is 1. The number of hydrogen-bond acceptors (Lipinski definition) is 4. The third kappa shape index (κ3) is 2.90. The lowest BCUT2D eigenvalue weighted by Crippen LogP contribution is -2.57. The smallest absolute Gasteiger partial charge is 0.328 e. The molecule has 1 aliphatic heterocycles. The number of anilines is 1. The van der Waals surface area contributed by atoms with Crippen molar-refractivity contribution in [3.05, 3.63) is 29.8 Å². The first-order chi connectivity index (χ1) is 8.97. The lowest BCUT2D eigenvalue weighted by molar-refractivity contribution is -0.142. The van der Waals surface area contributed by atoms with Crippen LogP contribution in [0.3, 0.4) is 0 Å². The highest BCUT2D eigenvalue weighted by Crippen LogP contribution is 2.18. The molecule has 1 aliphatic rings. The van der Waals surface area contributed by atoms with Gasteiger partial charge < -0.3 is 15.3 Å². The Bertz CT molecular complexity index is 541. The number of amides is 1. The fourth-order valence-corrected chi connectivity index (χ4v) is 2.00. The minimum Gasteiger partial charge on any atom is -0.480 e. The Kier molecular flexibility index (Phi) is 3.50. The molecule has 100 valence electrons. The molecule has 1 atom stereocenters. The highest BCUT2D eigenvalue weighted by molar-refractivity contribution is 5.95. The average Bonchev–Trinajstić information content (AvgIpc) is 2.38. The number of carbonyl (C=O) groups is 3. The number of aliphatic carboxylic acids is 1. The van der Waals surface area contributed by atoms with E-state index >= 15 is 0 Å². The van der Waals surface area contributed by atoms with Gasteiger partial charge in [0.05, 0.1) is 6.54 Å². The van der Waals surface area contributed by atoms with Crippen molar-refractivity contribution in [1.82, 2.24) is 5.32 Å². The van der Waals surface area contributed by atoms with Crippen LogP contribution in [0, 0.1) is 0 Å². The van der Waals surface area contributed by atoms with Gasteiger partial charge in [-0.1, -0.05) is 12.1 Å². The van der Waals surface area contributed by atoms with Gasteiger partial charge >= 0.3 is 5.97 Å². The van der Waals surface area contributed by atoms with Crippen molar-refractivity contribution in [1.29, 1.82) is 0 Å². The van der Waals surface area contributed by atoms with E-state index in [9.17, 15) is 14.4 Å². The molecule has 1 aromatic rings. The molecule has 0 aliphatic carbocycles. The number of rotatable bonds is 3. The van der Waals surface area contributed by atoms with Gasteiger partial charge in [-0.25, -0.2) is 4.79 Å². The van der Waals surface area contributed by atoms with Crippen LogP contribution >= 0.6 is 0 Å². The lowest BCUT2D eigenvalue weighted by Gasteiger charge is -2.32. The number of carboxylic acid groups (broad SMARTS) is 1. The van der Waals surface area contributed by atoms with Crippen molar-refractivity contribution in [3.63, 3.8) is 0 Å². The van der Waals surface area contributed by atoms with Crippen LogP contribution in [-0.4, -0.2) is 41.9 Å². The fourth-order valence-electron chi connectivity index (χ4n) is 2.00. The molecule has 0 radical (unpaired) electrons. The summed E-state index contributed by atoms with van der Waals surface area (Å²) in [6.45, 7) is 1.73. The van der Waals surface area contributed by atoms with Crippen molar-refractivity contribution in [2.45, 2.75) is 13.0 Å². The predicted molar refractivity (Wildman–Crippen MR) is 68.2 cm³/mol. The first-order valence-corrected chi connectivity index (χ1v) is 5.85. The van der Waals surface area contributed by atoms with E-state index in [2.05, 4.69) is 5.32 Å². The maximum atomic E-state index is 11.5. The van der Waals surface area contributed by atoms with E-state index in [0.717, 1.165) is 0 Å². The number of carboxylic acids is 1. The number of piperazine rings is 1. The molecule has 1 saturated heterocycles. The van der Waals surface area contributed by atoms with Crippen LogP contribution in [0.1, 0.15) is 17.3 Å². The van der Waals surface area contributed by atoms with Crippen LogP contribution in [0.5, 0.6) is 0 Å². The molecule has 0 saturated carbocycles. The van der Waals surface area contributed by atoms with Gasteiger partial charge in [-0.2, -0.15) is 0 Å². The van der Waals surface area contributed by atoms with Gasteiger partial charge in [0.1, 0.15) is 6.04 Å². The molecule has 2 N–H and O–H groups in total. The van der Waals surface area contributed by atoms with E-state index in [1.165, 1.54) is 6.92 Å². The third-order valence-corrected chi connectivity index (χ3v) is 2.99. The molecule has 1 amide bonds. The molecular formula is C13H14N2O4. The summed E-state index contributed by atoms with van der Waals surface area (Å²) in [6.07, 6.45) is 0. The Morgan fingerprint density at radius 3 is 2.79 bits per heavy atom. The Labute approximate surface area is 110 Å². The Hall–Kier alpha value is -2.37. The number of nitrogens with zero attached hydrogens (tertiary/aromatic N) is 1. The third-order valence-electron chi connectivity index (χ3n) is 2.99. The Morgan fingerprint density at radius 1 is 1.42 bits per heavy atom. The van der Waals surface area contributed by atoms with Crippen molar-refractivity contribution in [3.8, 4) is 0 Å². The van der Waals surface area contributed by atoms with E-state index in [4.69, 9.17) is 5.11 Å². The van der Waals surface area contributed by atoms with Crippen molar-refractivity contribution < 1.29 is 19.5 Å². The summed E-state index contributed by atoms with van der Waals surface area (Å²) in [5, 5.41) is 11.4. The molecule has 0 spiro atoms. The van der Waals surface area contributed by atoms with Gasteiger partial charge in [0, 0.05) is 17.8 Å². The summed E-state index contributed by atoms with van der Waals surface area (Å²) in [4.78, 5) is 35.4. The predicted octanol–water partition coefficient (Wildman–Crippen LogP) is 0.279. The standard InChI is InChI=1S/C13H14N2O4/c1-8(16)9-3-2-4-10(5-9)15-6-11(13(18)19)14-12(17)7-15/h2-5,11H,6-7H2,1H3,(H,14,17)(H,18,19). The first-order valence-electron chi connectivity index (χ1n) is 5.85. The zero-order valence-corrected chi connectivity index (χ0v) is 10.4. The molecular weight excluding hydrogens is 248 g/mol. The van der Waals surface area contributed by atoms with Crippen molar-refractivity contribution in [2.75, 3.05) is 18.0 Å². The molecule has 1 fully saturated rings. The number of ketones is 1. The summed E-state index contributed by atoms with van der Waals surface area (Å²) >= 11 is 0. The topological polar surface area (TPSA) is 86.7 Å². The molecule has 6 nitrogen and oxygen atoms in total. The van der Waals surface area contributed by atoms with Crippen LogP contribution in [0.2, 0.25) is 0 Å². The minimum atomic E-state index is -1.07. The maximum absolute atomic E-state index is 11.5. The highest BCUT2D eigenvalue weighted by Gasteiger charge is 2.29. The molecule has 19 heavy (non-hydrogen) atoms. The number of hydrogen-bond donors (Lipinski definition) is 2. The normalized spacial score (nSPS) is 18.9. The fraction of sp³-hybridized carbons (Fsp3) is 0.308. The molecule has 0 bridgehead atoms. The van der Waals surface area contributed by atoms with Gasteiger partial charge in [0.2, 0.25) is 5.91 Å². The minimum absolute atomic E-state index is 0.0712. The number of carbonyl (C=O) groups excluding carboxylic acids is 2. The SMILES string of the molecule is CC(=O)c1cccc(N2CC(=O)NC(C(=O)O)C2)c1. The number of benzene rings is 1. The van der Waals surface area contributed by atoms with Crippen molar-refractivity contribution in [2.24, 2.45) is 0 Å². The summed E-state index contributed by atoms with van der Waals surface area (Å²) in [5.41, 5.74) is 1.21. The van der Waals surface area contributed by atoms with E-state index in [-0.39, 0.29) is 24.8 Å². The quantitative estimate of drug-likeness (QED) is 0.764. The largest absolute Gasteiger partial charge is 0.480 e. The Balaban J connectivity index is 2.25. The van der Waals surface area contributed by atoms with Gasteiger partial charge in [-0.3, -0.25) is 9.59 Å². The van der Waals surface area contributed by atoms with E-state index < -0.39 is 12.0 Å². The van der Waals surface area contributed by atoms with E-state index in [1.54, 1.807) is 29.2 Å². The van der Waals surface area contributed by atoms with Crippen LogP contribution in [0.25, 0.3) is 0 Å². The number of Topliss-reactive ketones (excluding diaryl/α,β-unsaturated/α-hetero) is 1. The summed E-state index contributed by atoms with van der Waals surface area (Å²) in [5.74, 6) is -1.48. The van der Waals surface area contributed by atoms with Crippen LogP contribution in [0.4, 0.5) is 5.69 Å². The van der Waals surface area contributed by atoms with Gasteiger partial charge in [-0.05, 0) is 19.1 Å². The molecule has 6 heteroatoms. The van der Waals surface area contributed by atoms with Crippen LogP contribution in [0.15, 0.2) is 24.3 Å². The monoisotopic (exact) mass is 262 g/mol. The molecule has 2 rings (SSSR count). The zero-order valence-electron chi connectivity index (χ0n) is 10.4. The summed E-state index contributed by atoms with van der Waals surface area (Å²) in [6, 6.07) is 5.89. The molecule has 0 aromatic heterocycles. The molecule has 1 heterocycles. The van der Waals surface area contributed by atoms with Crippen molar-refractivity contribution >= 4 is 23.3 Å². The Morgan fingerprint density at radius 2 is 2.16 bits per heavy atom. The maximum Gasteiger partial charge on any atom is 0.328 e. The molecule has 1 aromatic carbocycles. The van der Waals surface area contributed by atoms with E-state index in [0.29, 0.717) is 11.3 Å². The van der Waals surface area contributed by atoms with Gasteiger partial charge in [0.15, 0.2) is 5.78 Å². The van der Waals surface area contributed by atoms with Gasteiger partial charge in [-0.15, -0.1) is 0 Å². The highest BCUT2D eigenvalue weighted by atomic mass is 16.4. The average molecular weight is 262 g/mol. The lowest BCUT2D eigenvalue weighted by atomic mass is 10.1. The second kappa shape index (κ2) is 5.09. The first kappa shape index (κ1) is 13.1. The second-order valence-electron chi connectivity index (χ2n) is 4.45. The summed E-state index contributed by atoms with van der Waals surface area (Å²) in [7, 11) is 0. The second-order valence-corrected chi connectivity index (χ2v) is 4.45. The van der Waals surface area contributed by atoms with Crippen LogP contribution in [-0.2, 0) is 9.59 Å². The van der Waals surface area contributed by atoms with Crippen LogP contribution < -0.4 is 10.2 Å². The van der Waals surface area contributed by atoms with Gasteiger partial charge in [0.25, 0.3) is 0 Å². The zero-order chi connectivity index (χ0) is 14.0.